The lowest BCUT2D eigenvalue weighted by Crippen LogP contribution is -2.22. The van der Waals surface area contributed by atoms with E-state index in [2.05, 4.69) is 47.7 Å². The summed E-state index contributed by atoms with van der Waals surface area (Å²) in [4.78, 5) is 0. The van der Waals surface area contributed by atoms with Crippen LogP contribution in [0.3, 0.4) is 0 Å². The summed E-state index contributed by atoms with van der Waals surface area (Å²) in [6.45, 7) is 9.45. The quantitative estimate of drug-likeness (QED) is 0.609. The van der Waals surface area contributed by atoms with Gasteiger partial charge in [0.25, 0.3) is 0 Å². The van der Waals surface area contributed by atoms with Gasteiger partial charge in [-0.1, -0.05) is 32.1 Å². The van der Waals surface area contributed by atoms with E-state index < -0.39 is 0 Å². The maximum atomic E-state index is 5.78. The average Bonchev–Trinajstić information content (AvgIpc) is 2.29. The van der Waals surface area contributed by atoms with Gasteiger partial charge in [-0.05, 0) is 28.4 Å². The molecule has 0 saturated heterocycles. The van der Waals surface area contributed by atoms with E-state index in [-0.39, 0.29) is 0 Å². The van der Waals surface area contributed by atoms with Crippen LogP contribution in [-0.4, -0.2) is 12.6 Å². The normalized spacial score (nSPS) is 10.6. The van der Waals surface area contributed by atoms with E-state index in [0.717, 1.165) is 23.2 Å². The molecule has 0 amide bonds. The molecule has 1 aromatic carbocycles. The van der Waals surface area contributed by atoms with Crippen molar-refractivity contribution in [2.24, 2.45) is 0 Å². The van der Waals surface area contributed by atoms with Crippen molar-refractivity contribution in [2.45, 2.75) is 32.9 Å². The molecule has 17 heavy (non-hydrogen) atoms. The summed E-state index contributed by atoms with van der Waals surface area (Å²) >= 11 is 3.53. The van der Waals surface area contributed by atoms with Crippen LogP contribution in [0.2, 0.25) is 0 Å². The fourth-order valence-corrected chi connectivity index (χ4v) is 1.93. The minimum absolute atomic E-state index is 0.468. The monoisotopic (exact) mass is 297 g/mol. The lowest BCUT2D eigenvalue weighted by molar-refractivity contribution is 0.318. The van der Waals surface area contributed by atoms with E-state index in [9.17, 15) is 0 Å². The third kappa shape index (κ3) is 4.92. The second kappa shape index (κ2) is 7.51. The van der Waals surface area contributed by atoms with Gasteiger partial charge in [0.15, 0.2) is 0 Å². The first-order valence-electron chi connectivity index (χ1n) is 5.89. The smallest absolute Gasteiger partial charge is 0.137 e. The standard InChI is InChI=1S/C14H20BrNO/c1-4-5-9-17-14-12(10-16-11(2)3)7-6-8-13(14)15/h4,6-8,11,16H,1,5,9-10H2,2-3H3. The zero-order valence-corrected chi connectivity index (χ0v) is 12.1. The van der Waals surface area contributed by atoms with Crippen LogP contribution >= 0.6 is 15.9 Å². The van der Waals surface area contributed by atoms with Gasteiger partial charge in [0.1, 0.15) is 5.75 Å². The van der Waals surface area contributed by atoms with Crippen LogP contribution < -0.4 is 10.1 Å². The predicted octanol–water partition coefficient (Wildman–Crippen LogP) is 3.90. The fraction of sp³-hybridized carbons (Fsp3) is 0.429. The van der Waals surface area contributed by atoms with Crippen molar-refractivity contribution < 1.29 is 4.74 Å². The maximum Gasteiger partial charge on any atom is 0.137 e. The molecule has 0 radical (unpaired) electrons. The van der Waals surface area contributed by atoms with Crippen molar-refractivity contribution in [2.75, 3.05) is 6.61 Å². The number of hydrogen-bond acceptors (Lipinski definition) is 2. The molecule has 94 valence electrons. The van der Waals surface area contributed by atoms with Crippen molar-refractivity contribution in [3.05, 3.63) is 40.9 Å². The van der Waals surface area contributed by atoms with Crippen molar-refractivity contribution in [1.82, 2.24) is 5.32 Å². The average molecular weight is 298 g/mol. The topological polar surface area (TPSA) is 21.3 Å². The molecule has 0 atom stereocenters. The Morgan fingerprint density at radius 1 is 1.47 bits per heavy atom. The molecule has 0 bridgehead atoms. The van der Waals surface area contributed by atoms with Crippen LogP contribution in [0.1, 0.15) is 25.8 Å². The van der Waals surface area contributed by atoms with Crippen molar-refractivity contribution in [1.29, 1.82) is 0 Å². The minimum atomic E-state index is 0.468. The Bertz CT molecular complexity index is 363. The van der Waals surface area contributed by atoms with Crippen molar-refractivity contribution in [3.63, 3.8) is 0 Å². The second-order valence-electron chi connectivity index (χ2n) is 4.19. The molecule has 1 rings (SSSR count). The summed E-state index contributed by atoms with van der Waals surface area (Å²) in [5.74, 6) is 0.933. The number of rotatable bonds is 7. The van der Waals surface area contributed by atoms with Gasteiger partial charge in [-0.2, -0.15) is 0 Å². The molecule has 0 aliphatic carbocycles. The Morgan fingerprint density at radius 2 is 2.24 bits per heavy atom. The molecule has 3 heteroatoms. The fourth-order valence-electron chi connectivity index (χ4n) is 1.41. The highest BCUT2D eigenvalue weighted by atomic mass is 79.9. The molecule has 0 fully saturated rings. The van der Waals surface area contributed by atoms with Gasteiger partial charge in [-0.15, -0.1) is 6.58 Å². The highest BCUT2D eigenvalue weighted by Gasteiger charge is 2.08. The van der Waals surface area contributed by atoms with Gasteiger partial charge >= 0.3 is 0 Å². The molecule has 1 N–H and O–H groups in total. The second-order valence-corrected chi connectivity index (χ2v) is 5.04. The molecule has 1 aromatic rings. The maximum absolute atomic E-state index is 5.78. The number of ether oxygens (including phenoxy) is 1. The molecule has 0 aliphatic heterocycles. The Labute approximate surface area is 112 Å². The summed E-state index contributed by atoms with van der Waals surface area (Å²) in [5.41, 5.74) is 1.18. The van der Waals surface area contributed by atoms with Crippen molar-refractivity contribution in [3.8, 4) is 5.75 Å². The predicted molar refractivity (Wildman–Crippen MR) is 76.4 cm³/mol. The molecule has 0 saturated carbocycles. The number of hydrogen-bond donors (Lipinski definition) is 1. The zero-order chi connectivity index (χ0) is 12.7. The van der Waals surface area contributed by atoms with E-state index in [1.165, 1.54) is 5.56 Å². The van der Waals surface area contributed by atoms with E-state index in [1.54, 1.807) is 0 Å². The molecule has 0 aromatic heterocycles. The minimum Gasteiger partial charge on any atom is -0.492 e. The Kier molecular flexibility index (Phi) is 6.30. The third-order valence-electron chi connectivity index (χ3n) is 2.32. The first-order chi connectivity index (χ1) is 8.15. The molecule has 2 nitrogen and oxygen atoms in total. The van der Waals surface area contributed by atoms with Crippen LogP contribution in [-0.2, 0) is 6.54 Å². The first-order valence-corrected chi connectivity index (χ1v) is 6.69. The number of halogens is 1. The van der Waals surface area contributed by atoms with Crippen LogP contribution in [0.15, 0.2) is 35.3 Å². The molecular formula is C14H20BrNO. The molecule has 0 spiro atoms. The SMILES string of the molecule is C=CCCOc1c(Br)cccc1CNC(C)C. The van der Waals surface area contributed by atoms with E-state index in [4.69, 9.17) is 4.74 Å². The Morgan fingerprint density at radius 3 is 2.88 bits per heavy atom. The van der Waals surface area contributed by atoms with Crippen LogP contribution in [0.25, 0.3) is 0 Å². The lowest BCUT2D eigenvalue weighted by atomic mass is 10.2. The van der Waals surface area contributed by atoms with Crippen LogP contribution in [0.4, 0.5) is 0 Å². The van der Waals surface area contributed by atoms with Gasteiger partial charge in [-0.25, -0.2) is 0 Å². The van der Waals surface area contributed by atoms with Crippen LogP contribution in [0.5, 0.6) is 5.75 Å². The van der Waals surface area contributed by atoms with Gasteiger partial charge in [0, 0.05) is 18.2 Å². The van der Waals surface area contributed by atoms with Gasteiger partial charge in [-0.3, -0.25) is 0 Å². The van der Waals surface area contributed by atoms with Gasteiger partial charge in [0.2, 0.25) is 0 Å². The molecule has 0 heterocycles. The lowest BCUT2D eigenvalue weighted by Gasteiger charge is -2.14. The highest BCUT2D eigenvalue weighted by Crippen LogP contribution is 2.29. The van der Waals surface area contributed by atoms with Gasteiger partial charge in [0.05, 0.1) is 11.1 Å². The summed E-state index contributed by atoms with van der Waals surface area (Å²) in [7, 11) is 0. The highest BCUT2D eigenvalue weighted by molar-refractivity contribution is 9.10. The van der Waals surface area contributed by atoms with E-state index >= 15 is 0 Å². The summed E-state index contributed by atoms with van der Waals surface area (Å²) in [6.07, 6.45) is 2.72. The third-order valence-corrected chi connectivity index (χ3v) is 2.94. The van der Waals surface area contributed by atoms with Crippen molar-refractivity contribution >= 4 is 15.9 Å². The largest absolute Gasteiger partial charge is 0.492 e. The molecule has 0 unspecified atom stereocenters. The summed E-state index contributed by atoms with van der Waals surface area (Å²) < 4.78 is 6.79. The van der Waals surface area contributed by atoms with Gasteiger partial charge < -0.3 is 10.1 Å². The zero-order valence-electron chi connectivity index (χ0n) is 10.5. The Balaban J connectivity index is 2.72. The molecule has 0 aliphatic rings. The van der Waals surface area contributed by atoms with Crippen LogP contribution in [0, 0.1) is 0 Å². The summed E-state index contributed by atoms with van der Waals surface area (Å²) in [6, 6.07) is 6.59. The number of benzene rings is 1. The molecular weight excluding hydrogens is 278 g/mol. The van der Waals surface area contributed by atoms with E-state index in [0.29, 0.717) is 12.6 Å². The summed E-state index contributed by atoms with van der Waals surface area (Å²) in [5, 5.41) is 3.40. The number of para-hydroxylation sites is 1. The number of nitrogens with one attached hydrogen (secondary N) is 1. The first kappa shape index (κ1) is 14.3. The Hall–Kier alpha value is -0.800. The van der Waals surface area contributed by atoms with E-state index in [1.807, 2.05) is 18.2 Å².